The van der Waals surface area contributed by atoms with Gasteiger partial charge in [-0.05, 0) is 32.4 Å². The van der Waals surface area contributed by atoms with E-state index in [1.54, 1.807) is 13.0 Å². The Morgan fingerprint density at radius 1 is 1.25 bits per heavy atom. The molecule has 0 radical (unpaired) electrons. The van der Waals surface area contributed by atoms with E-state index in [0.29, 0.717) is 11.4 Å². The van der Waals surface area contributed by atoms with Crippen molar-refractivity contribution < 1.29 is 4.92 Å². The number of nitro groups is 1. The van der Waals surface area contributed by atoms with Crippen molar-refractivity contribution in [1.29, 1.82) is 0 Å². The average Bonchev–Trinajstić information content (AvgIpc) is 2.39. The largest absolute Gasteiger partial charge is 0.364 e. The summed E-state index contributed by atoms with van der Waals surface area (Å²) >= 11 is 0. The summed E-state index contributed by atoms with van der Waals surface area (Å²) < 4.78 is 0. The van der Waals surface area contributed by atoms with Crippen LogP contribution in [-0.2, 0) is 0 Å². The first-order chi connectivity index (χ1) is 9.47. The van der Waals surface area contributed by atoms with E-state index in [1.807, 2.05) is 13.8 Å². The number of nitrogens with zero attached hydrogens (tertiary/aromatic N) is 2. The summed E-state index contributed by atoms with van der Waals surface area (Å²) in [5, 5.41) is 14.0. The lowest BCUT2D eigenvalue weighted by molar-refractivity contribution is -0.385. The highest BCUT2D eigenvalue weighted by atomic mass is 16.6. The van der Waals surface area contributed by atoms with Gasteiger partial charge < -0.3 is 5.32 Å². The molecule has 0 aliphatic rings. The number of anilines is 1. The molecule has 1 atom stereocenters. The molecular weight excluding hydrogens is 254 g/mol. The lowest BCUT2D eigenvalue weighted by Gasteiger charge is -2.15. The second kappa shape index (κ2) is 5.69. The molecule has 2 rings (SSSR count). The summed E-state index contributed by atoms with van der Waals surface area (Å²) in [6.07, 6.45) is 1.29. The van der Waals surface area contributed by atoms with E-state index in [4.69, 9.17) is 0 Å². The summed E-state index contributed by atoms with van der Waals surface area (Å²) in [6, 6.07) is 10.0. The third-order valence-corrected chi connectivity index (χ3v) is 3.22. The smallest absolute Gasteiger partial charge is 0.290 e. The lowest BCUT2D eigenvalue weighted by atomic mass is 10.1. The van der Waals surface area contributed by atoms with Gasteiger partial charge in [0.15, 0.2) is 0 Å². The second-order valence-electron chi connectivity index (χ2n) is 4.89. The van der Waals surface area contributed by atoms with Crippen molar-refractivity contribution >= 4 is 11.5 Å². The molecule has 0 fully saturated rings. The maximum Gasteiger partial charge on any atom is 0.290 e. The number of aryl methyl sites for hydroxylation is 2. The summed E-state index contributed by atoms with van der Waals surface area (Å²) in [6.45, 7) is 5.79. The van der Waals surface area contributed by atoms with Gasteiger partial charge in [-0.1, -0.05) is 29.8 Å². The Bertz CT molecular complexity index is 624. The molecule has 1 N–H and O–H groups in total. The van der Waals surface area contributed by atoms with Crippen LogP contribution in [0.2, 0.25) is 0 Å². The Morgan fingerprint density at radius 2 is 1.90 bits per heavy atom. The number of pyridine rings is 1. The highest BCUT2D eigenvalue weighted by Crippen LogP contribution is 2.22. The van der Waals surface area contributed by atoms with Gasteiger partial charge in [-0.3, -0.25) is 10.1 Å². The SMILES string of the molecule is Cc1ccc(C(C)Nc2cc(C)c([N+](=O)[O-])cn2)cc1. The zero-order valence-electron chi connectivity index (χ0n) is 11.8. The van der Waals surface area contributed by atoms with Gasteiger partial charge in [-0.25, -0.2) is 4.98 Å². The Hall–Kier alpha value is -2.43. The van der Waals surface area contributed by atoms with Crippen LogP contribution < -0.4 is 5.32 Å². The van der Waals surface area contributed by atoms with Gasteiger partial charge in [0.1, 0.15) is 12.0 Å². The van der Waals surface area contributed by atoms with Crippen molar-refractivity contribution in [2.45, 2.75) is 26.8 Å². The number of hydrogen-bond acceptors (Lipinski definition) is 4. The predicted molar refractivity (Wildman–Crippen MR) is 78.8 cm³/mol. The molecule has 0 spiro atoms. The molecule has 0 saturated carbocycles. The van der Waals surface area contributed by atoms with E-state index < -0.39 is 4.92 Å². The number of nitrogens with one attached hydrogen (secondary N) is 1. The molecule has 1 aromatic heterocycles. The van der Waals surface area contributed by atoms with Crippen LogP contribution in [0.5, 0.6) is 0 Å². The Kier molecular flexibility index (Phi) is 3.98. The average molecular weight is 271 g/mol. The van der Waals surface area contributed by atoms with Crippen molar-refractivity contribution in [2.24, 2.45) is 0 Å². The number of hydrogen-bond donors (Lipinski definition) is 1. The van der Waals surface area contributed by atoms with E-state index in [9.17, 15) is 10.1 Å². The van der Waals surface area contributed by atoms with E-state index in [0.717, 1.165) is 5.56 Å². The molecule has 5 nitrogen and oxygen atoms in total. The molecule has 20 heavy (non-hydrogen) atoms. The minimum atomic E-state index is -0.421. The van der Waals surface area contributed by atoms with Gasteiger partial charge >= 0.3 is 0 Å². The fraction of sp³-hybridized carbons (Fsp3) is 0.267. The van der Waals surface area contributed by atoms with Crippen LogP contribution in [0.1, 0.15) is 29.7 Å². The zero-order chi connectivity index (χ0) is 14.7. The van der Waals surface area contributed by atoms with E-state index in [2.05, 4.69) is 34.6 Å². The van der Waals surface area contributed by atoms with E-state index >= 15 is 0 Å². The first-order valence-corrected chi connectivity index (χ1v) is 6.41. The Morgan fingerprint density at radius 3 is 2.45 bits per heavy atom. The monoisotopic (exact) mass is 271 g/mol. The standard InChI is InChI=1S/C15H17N3O2/c1-10-4-6-13(7-5-10)12(3)17-15-8-11(2)14(9-16-15)18(19)20/h4-9,12H,1-3H3,(H,16,17). The molecule has 0 aliphatic heterocycles. The molecule has 1 aromatic carbocycles. The van der Waals surface area contributed by atoms with Gasteiger partial charge in [-0.15, -0.1) is 0 Å². The van der Waals surface area contributed by atoms with Crippen LogP contribution in [0.25, 0.3) is 0 Å². The predicted octanol–water partition coefficient (Wildman–Crippen LogP) is 3.78. The molecule has 1 heterocycles. The minimum Gasteiger partial charge on any atom is -0.364 e. The van der Waals surface area contributed by atoms with Crippen molar-refractivity contribution in [2.75, 3.05) is 5.32 Å². The highest BCUT2D eigenvalue weighted by molar-refractivity contribution is 5.48. The van der Waals surface area contributed by atoms with Gasteiger partial charge in [0.25, 0.3) is 5.69 Å². The van der Waals surface area contributed by atoms with Crippen LogP contribution in [0, 0.1) is 24.0 Å². The minimum absolute atomic E-state index is 0.0403. The maximum absolute atomic E-state index is 10.8. The fourth-order valence-electron chi connectivity index (χ4n) is 1.98. The van der Waals surface area contributed by atoms with E-state index in [1.165, 1.54) is 11.8 Å². The summed E-state index contributed by atoms with van der Waals surface area (Å²) in [7, 11) is 0. The molecule has 1 unspecified atom stereocenters. The van der Waals surface area contributed by atoms with Crippen LogP contribution in [0.3, 0.4) is 0 Å². The van der Waals surface area contributed by atoms with E-state index in [-0.39, 0.29) is 11.7 Å². The third-order valence-electron chi connectivity index (χ3n) is 3.22. The third kappa shape index (κ3) is 3.12. The zero-order valence-corrected chi connectivity index (χ0v) is 11.8. The van der Waals surface area contributed by atoms with Crippen LogP contribution >= 0.6 is 0 Å². The first-order valence-electron chi connectivity index (χ1n) is 6.41. The van der Waals surface area contributed by atoms with Gasteiger partial charge in [-0.2, -0.15) is 0 Å². The number of aromatic nitrogens is 1. The highest BCUT2D eigenvalue weighted by Gasteiger charge is 2.12. The fourth-order valence-corrected chi connectivity index (χ4v) is 1.98. The Balaban J connectivity index is 2.15. The molecular formula is C15H17N3O2. The second-order valence-corrected chi connectivity index (χ2v) is 4.89. The van der Waals surface area contributed by atoms with Gasteiger partial charge in [0, 0.05) is 11.6 Å². The lowest BCUT2D eigenvalue weighted by Crippen LogP contribution is -2.08. The van der Waals surface area contributed by atoms with Crippen molar-refractivity contribution in [3.8, 4) is 0 Å². The number of rotatable bonds is 4. The Labute approximate surface area is 117 Å². The summed E-state index contributed by atoms with van der Waals surface area (Å²) in [4.78, 5) is 14.4. The molecule has 0 amide bonds. The molecule has 5 heteroatoms. The topological polar surface area (TPSA) is 68.1 Å². The maximum atomic E-state index is 10.8. The van der Waals surface area contributed by atoms with Crippen LogP contribution in [0.4, 0.5) is 11.5 Å². The molecule has 0 bridgehead atoms. The first kappa shape index (κ1) is 14.0. The van der Waals surface area contributed by atoms with Crippen molar-refractivity contribution in [3.63, 3.8) is 0 Å². The van der Waals surface area contributed by atoms with Crippen molar-refractivity contribution in [3.05, 3.63) is 63.3 Å². The molecule has 2 aromatic rings. The van der Waals surface area contributed by atoms with Crippen molar-refractivity contribution in [1.82, 2.24) is 4.98 Å². The molecule has 0 aliphatic carbocycles. The molecule has 104 valence electrons. The summed E-state index contributed by atoms with van der Waals surface area (Å²) in [5.41, 5.74) is 3.00. The van der Waals surface area contributed by atoms with Crippen LogP contribution in [0.15, 0.2) is 36.5 Å². The quantitative estimate of drug-likeness (QED) is 0.678. The molecule has 0 saturated heterocycles. The normalized spacial score (nSPS) is 11.9. The van der Waals surface area contributed by atoms with Gasteiger partial charge in [0.2, 0.25) is 0 Å². The van der Waals surface area contributed by atoms with Crippen LogP contribution in [-0.4, -0.2) is 9.91 Å². The van der Waals surface area contributed by atoms with Gasteiger partial charge in [0.05, 0.1) is 4.92 Å². The number of benzene rings is 1. The summed E-state index contributed by atoms with van der Waals surface area (Å²) in [5.74, 6) is 0.640.